The maximum absolute atomic E-state index is 12.5. The Hall–Kier alpha value is -2.26. The first kappa shape index (κ1) is 16.6. The number of rotatable bonds is 4. The second-order valence-corrected chi connectivity index (χ2v) is 7.79. The maximum Gasteiger partial charge on any atom is 0.247 e. The number of nitrogens with zero attached hydrogens (tertiary/aromatic N) is 3. The van der Waals surface area contributed by atoms with Gasteiger partial charge in [-0.2, -0.15) is 9.82 Å². The van der Waals surface area contributed by atoms with Gasteiger partial charge in [0.1, 0.15) is 6.04 Å². The second-order valence-electron chi connectivity index (χ2n) is 6.07. The number of aromatic nitrogens is 2. The van der Waals surface area contributed by atoms with Crippen molar-refractivity contribution < 1.29 is 18.0 Å². The first-order valence-electron chi connectivity index (χ1n) is 7.50. The summed E-state index contributed by atoms with van der Waals surface area (Å²) < 4.78 is 29.1. The molecule has 128 valence electrons. The Balaban J connectivity index is 1.91. The van der Waals surface area contributed by atoms with E-state index in [0.717, 1.165) is 10.4 Å². The maximum atomic E-state index is 12.5. The Morgan fingerprint density at radius 1 is 1.29 bits per heavy atom. The molecule has 0 aliphatic carbocycles. The van der Waals surface area contributed by atoms with Gasteiger partial charge in [-0.15, -0.1) is 0 Å². The predicted molar refractivity (Wildman–Crippen MR) is 86.6 cm³/mol. The van der Waals surface area contributed by atoms with Crippen LogP contribution in [0.15, 0.2) is 29.3 Å². The van der Waals surface area contributed by atoms with Gasteiger partial charge in [0.2, 0.25) is 21.8 Å². The van der Waals surface area contributed by atoms with E-state index >= 15 is 0 Å². The summed E-state index contributed by atoms with van der Waals surface area (Å²) in [4.78, 5) is 24.4. The predicted octanol–water partition coefficient (Wildman–Crippen LogP) is 0.653. The zero-order chi connectivity index (χ0) is 17.6. The zero-order valence-corrected chi connectivity index (χ0v) is 14.4. The van der Waals surface area contributed by atoms with E-state index in [2.05, 4.69) is 9.82 Å². The van der Waals surface area contributed by atoms with Crippen LogP contribution in [0, 0.1) is 0 Å². The average molecular weight is 350 g/mol. The van der Waals surface area contributed by atoms with E-state index in [1.807, 2.05) is 13.8 Å². The molecular formula is C15H18N4O4S. The monoisotopic (exact) mass is 350 g/mol. The molecule has 3 rings (SSSR count). The Bertz CT molecular complexity index is 932. The first-order chi connectivity index (χ1) is 11.2. The minimum Gasteiger partial charge on any atom is -0.284 e. The van der Waals surface area contributed by atoms with Crippen LogP contribution < -0.4 is 4.72 Å². The summed E-state index contributed by atoms with van der Waals surface area (Å²) in [5, 5.41) is 4.94. The SMILES string of the molecule is CC(C)n1ncc2cc(S(=O)(=O)N[C@H]3CC(=O)N(C)C3=O)ccc21. The van der Waals surface area contributed by atoms with Crippen molar-refractivity contribution in [3.63, 3.8) is 0 Å². The van der Waals surface area contributed by atoms with E-state index < -0.39 is 27.9 Å². The third kappa shape index (κ3) is 2.69. The summed E-state index contributed by atoms with van der Waals surface area (Å²) in [6.07, 6.45) is 1.44. The van der Waals surface area contributed by atoms with Gasteiger partial charge < -0.3 is 0 Å². The molecule has 2 amide bonds. The van der Waals surface area contributed by atoms with Crippen LogP contribution in [0.5, 0.6) is 0 Å². The molecule has 1 aliphatic heterocycles. The lowest BCUT2D eigenvalue weighted by Crippen LogP contribution is -2.40. The highest BCUT2D eigenvalue weighted by atomic mass is 32.2. The topological polar surface area (TPSA) is 101 Å². The van der Waals surface area contributed by atoms with Crippen molar-refractivity contribution in [1.82, 2.24) is 19.4 Å². The number of nitrogens with one attached hydrogen (secondary N) is 1. The zero-order valence-electron chi connectivity index (χ0n) is 13.6. The summed E-state index contributed by atoms with van der Waals surface area (Å²) in [6.45, 7) is 3.97. The fourth-order valence-electron chi connectivity index (χ4n) is 2.71. The summed E-state index contributed by atoms with van der Waals surface area (Å²) >= 11 is 0. The Morgan fingerprint density at radius 2 is 2.00 bits per heavy atom. The van der Waals surface area contributed by atoms with Gasteiger partial charge in [-0.3, -0.25) is 19.2 Å². The first-order valence-corrected chi connectivity index (χ1v) is 8.99. The molecule has 1 N–H and O–H groups in total. The molecule has 1 aromatic carbocycles. The van der Waals surface area contributed by atoms with Gasteiger partial charge in [-0.05, 0) is 32.0 Å². The number of hydrogen-bond donors (Lipinski definition) is 1. The average Bonchev–Trinajstić information content (AvgIpc) is 3.04. The van der Waals surface area contributed by atoms with Gasteiger partial charge in [0.25, 0.3) is 0 Å². The number of amides is 2. The molecule has 1 saturated heterocycles. The van der Waals surface area contributed by atoms with Gasteiger partial charge in [-0.1, -0.05) is 0 Å². The highest BCUT2D eigenvalue weighted by Crippen LogP contribution is 2.22. The lowest BCUT2D eigenvalue weighted by molar-refractivity contribution is -0.137. The molecular weight excluding hydrogens is 332 g/mol. The number of hydrogen-bond acceptors (Lipinski definition) is 5. The lowest BCUT2D eigenvalue weighted by Gasteiger charge is -2.12. The van der Waals surface area contributed by atoms with E-state index in [1.165, 1.54) is 19.2 Å². The Kier molecular flexibility index (Phi) is 3.92. The van der Waals surface area contributed by atoms with E-state index in [9.17, 15) is 18.0 Å². The van der Waals surface area contributed by atoms with Crippen molar-refractivity contribution in [3.05, 3.63) is 24.4 Å². The fourth-order valence-corrected chi connectivity index (χ4v) is 3.94. The Morgan fingerprint density at radius 3 is 2.58 bits per heavy atom. The van der Waals surface area contributed by atoms with Crippen LogP contribution in [0.1, 0.15) is 26.3 Å². The lowest BCUT2D eigenvalue weighted by atomic mass is 10.2. The second kappa shape index (κ2) is 5.67. The number of likely N-dealkylation sites (N-methyl/N-ethyl adjacent to an activating group) is 1. The van der Waals surface area contributed by atoms with Gasteiger partial charge >= 0.3 is 0 Å². The number of carbonyl (C=O) groups excluding carboxylic acids is 2. The Labute approximate surface area is 139 Å². The summed E-state index contributed by atoms with van der Waals surface area (Å²) in [6, 6.07) is 3.76. The number of likely N-dealkylation sites (tertiary alicyclic amines) is 1. The van der Waals surface area contributed by atoms with Crippen molar-refractivity contribution in [1.29, 1.82) is 0 Å². The van der Waals surface area contributed by atoms with Crippen LogP contribution >= 0.6 is 0 Å². The van der Waals surface area contributed by atoms with Crippen molar-refractivity contribution in [3.8, 4) is 0 Å². The van der Waals surface area contributed by atoms with Crippen LogP contribution in [0.25, 0.3) is 10.9 Å². The number of benzene rings is 1. The van der Waals surface area contributed by atoms with E-state index in [0.29, 0.717) is 5.39 Å². The summed E-state index contributed by atoms with van der Waals surface area (Å²) in [7, 11) is -2.57. The molecule has 0 unspecified atom stereocenters. The molecule has 1 aliphatic rings. The normalized spacial score (nSPS) is 19.0. The third-order valence-electron chi connectivity index (χ3n) is 4.05. The van der Waals surface area contributed by atoms with Gasteiger partial charge in [0.15, 0.2) is 0 Å². The molecule has 8 nitrogen and oxygen atoms in total. The minimum atomic E-state index is -3.91. The fraction of sp³-hybridized carbons (Fsp3) is 0.400. The van der Waals surface area contributed by atoms with Crippen molar-refractivity contribution in [2.45, 2.75) is 37.2 Å². The molecule has 0 spiro atoms. The van der Waals surface area contributed by atoms with E-state index in [-0.39, 0.29) is 17.4 Å². The minimum absolute atomic E-state index is 0.0353. The van der Waals surface area contributed by atoms with Crippen molar-refractivity contribution in [2.24, 2.45) is 0 Å². The van der Waals surface area contributed by atoms with Crippen LogP contribution in [0.3, 0.4) is 0 Å². The van der Waals surface area contributed by atoms with E-state index in [4.69, 9.17) is 0 Å². The highest BCUT2D eigenvalue weighted by Gasteiger charge is 2.38. The largest absolute Gasteiger partial charge is 0.284 e. The van der Waals surface area contributed by atoms with Crippen LogP contribution in [-0.4, -0.2) is 48.0 Å². The number of carbonyl (C=O) groups is 2. The van der Waals surface area contributed by atoms with Crippen LogP contribution in [0.2, 0.25) is 0 Å². The molecule has 1 aromatic heterocycles. The molecule has 2 aromatic rings. The van der Waals surface area contributed by atoms with Gasteiger partial charge in [0.05, 0.1) is 23.0 Å². The molecule has 0 radical (unpaired) electrons. The highest BCUT2D eigenvalue weighted by molar-refractivity contribution is 7.89. The summed E-state index contributed by atoms with van der Waals surface area (Å²) in [5.41, 5.74) is 0.829. The molecule has 2 heterocycles. The number of imide groups is 1. The quantitative estimate of drug-likeness (QED) is 0.816. The van der Waals surface area contributed by atoms with Crippen LogP contribution in [0.4, 0.5) is 0 Å². The molecule has 1 fully saturated rings. The molecule has 24 heavy (non-hydrogen) atoms. The van der Waals surface area contributed by atoms with Gasteiger partial charge in [0, 0.05) is 18.5 Å². The van der Waals surface area contributed by atoms with Crippen LogP contribution in [-0.2, 0) is 19.6 Å². The van der Waals surface area contributed by atoms with Gasteiger partial charge in [-0.25, -0.2) is 8.42 Å². The molecule has 1 atom stereocenters. The molecule has 0 saturated carbocycles. The summed E-state index contributed by atoms with van der Waals surface area (Å²) in [5.74, 6) is -0.946. The van der Waals surface area contributed by atoms with E-state index in [1.54, 1.807) is 16.9 Å². The number of sulfonamides is 1. The van der Waals surface area contributed by atoms with Crippen molar-refractivity contribution in [2.75, 3.05) is 7.05 Å². The smallest absolute Gasteiger partial charge is 0.247 e. The number of fused-ring (bicyclic) bond motifs is 1. The third-order valence-corrected chi connectivity index (χ3v) is 5.51. The standard InChI is InChI=1S/C15H18N4O4S/c1-9(2)19-13-5-4-11(6-10(13)8-16-19)24(22,23)17-12-7-14(20)18(3)15(12)21/h4-6,8-9,12,17H,7H2,1-3H3/t12-/m0/s1. The molecule has 9 heteroatoms. The van der Waals surface area contributed by atoms with Crippen molar-refractivity contribution >= 4 is 32.7 Å². The molecule has 0 bridgehead atoms.